The predicted molar refractivity (Wildman–Crippen MR) is 49.6 cm³/mol. The van der Waals surface area contributed by atoms with Crippen LogP contribution in [0.3, 0.4) is 0 Å². The Balaban J connectivity index is 2.61. The highest BCUT2D eigenvalue weighted by atomic mass is 15.1. The Morgan fingerprint density at radius 1 is 1.67 bits per heavy atom. The fourth-order valence-corrected chi connectivity index (χ4v) is 1.15. The molecule has 1 aromatic heterocycles. The van der Waals surface area contributed by atoms with Gasteiger partial charge in [0.2, 0.25) is 0 Å². The molecule has 1 atom stereocenters. The molecule has 0 radical (unpaired) electrons. The molecule has 1 unspecified atom stereocenters. The summed E-state index contributed by atoms with van der Waals surface area (Å²) >= 11 is 0. The van der Waals surface area contributed by atoms with Gasteiger partial charge in [-0.3, -0.25) is 0 Å². The highest BCUT2D eigenvalue weighted by molar-refractivity contribution is 4.97. The minimum Gasteiger partial charge on any atom is -0.333 e. The zero-order valence-electron chi connectivity index (χ0n) is 7.83. The summed E-state index contributed by atoms with van der Waals surface area (Å²) in [7, 11) is 0. The maximum atomic E-state index is 5.55. The van der Waals surface area contributed by atoms with Crippen LogP contribution in [0.25, 0.3) is 0 Å². The first-order chi connectivity index (χ1) is 5.77. The molecule has 0 aliphatic heterocycles. The van der Waals surface area contributed by atoms with Gasteiger partial charge in [-0.2, -0.15) is 0 Å². The molecule has 0 aromatic carbocycles. The lowest BCUT2D eigenvalue weighted by molar-refractivity contribution is 0.459. The van der Waals surface area contributed by atoms with Crippen LogP contribution < -0.4 is 5.73 Å². The number of imidazole rings is 1. The highest BCUT2D eigenvalue weighted by Gasteiger charge is 2.03. The van der Waals surface area contributed by atoms with Gasteiger partial charge in [-0.1, -0.05) is 20.3 Å². The first kappa shape index (κ1) is 9.26. The predicted octanol–water partition coefficient (Wildman–Crippen LogP) is 1.39. The van der Waals surface area contributed by atoms with E-state index in [4.69, 9.17) is 5.73 Å². The summed E-state index contributed by atoms with van der Waals surface area (Å²) in [4.78, 5) is 4.06. The summed E-state index contributed by atoms with van der Waals surface area (Å²) in [5, 5.41) is 0. The van der Waals surface area contributed by atoms with E-state index in [0.29, 0.717) is 12.5 Å². The normalized spacial score (nSPS) is 13.2. The van der Waals surface area contributed by atoms with Gasteiger partial charge in [0.25, 0.3) is 0 Å². The number of nitrogens with zero attached hydrogens (tertiary/aromatic N) is 2. The lowest BCUT2D eigenvalue weighted by atomic mass is 10.1. The molecule has 0 spiro atoms. The van der Waals surface area contributed by atoms with Crippen molar-refractivity contribution in [2.75, 3.05) is 0 Å². The van der Waals surface area contributed by atoms with E-state index in [1.807, 2.05) is 12.5 Å². The number of aromatic nitrogens is 2. The average molecular weight is 167 g/mol. The van der Waals surface area contributed by atoms with Gasteiger partial charge in [0.1, 0.15) is 0 Å². The topological polar surface area (TPSA) is 43.8 Å². The largest absolute Gasteiger partial charge is 0.333 e. The zero-order valence-corrected chi connectivity index (χ0v) is 7.83. The molecule has 3 heteroatoms. The van der Waals surface area contributed by atoms with Gasteiger partial charge in [-0.05, 0) is 5.92 Å². The van der Waals surface area contributed by atoms with Crippen LogP contribution in [0.2, 0.25) is 0 Å². The van der Waals surface area contributed by atoms with Crippen molar-refractivity contribution in [2.45, 2.75) is 33.4 Å². The number of rotatable bonds is 4. The molecule has 68 valence electrons. The van der Waals surface area contributed by atoms with Crippen LogP contribution in [0.15, 0.2) is 12.5 Å². The van der Waals surface area contributed by atoms with E-state index in [2.05, 4.69) is 23.4 Å². The SMILES string of the molecule is CCC(C)Cn1cncc1CN. The lowest BCUT2D eigenvalue weighted by Gasteiger charge is -2.11. The van der Waals surface area contributed by atoms with Crippen molar-refractivity contribution < 1.29 is 0 Å². The zero-order chi connectivity index (χ0) is 8.97. The second kappa shape index (κ2) is 4.26. The summed E-state index contributed by atoms with van der Waals surface area (Å²) in [6.07, 6.45) is 4.89. The molecule has 0 bridgehead atoms. The van der Waals surface area contributed by atoms with Gasteiger partial charge in [-0.25, -0.2) is 4.98 Å². The van der Waals surface area contributed by atoms with Crippen molar-refractivity contribution in [2.24, 2.45) is 11.7 Å². The van der Waals surface area contributed by atoms with E-state index in [-0.39, 0.29) is 0 Å². The average Bonchev–Trinajstić information content (AvgIpc) is 2.51. The molecule has 0 amide bonds. The second-order valence-electron chi connectivity index (χ2n) is 3.25. The van der Waals surface area contributed by atoms with E-state index < -0.39 is 0 Å². The molecule has 0 saturated heterocycles. The van der Waals surface area contributed by atoms with E-state index >= 15 is 0 Å². The third kappa shape index (κ3) is 2.08. The molecule has 0 aliphatic carbocycles. The van der Waals surface area contributed by atoms with Crippen LogP contribution in [0.5, 0.6) is 0 Å². The van der Waals surface area contributed by atoms with Crippen LogP contribution >= 0.6 is 0 Å². The highest BCUT2D eigenvalue weighted by Crippen LogP contribution is 2.07. The van der Waals surface area contributed by atoms with E-state index in [9.17, 15) is 0 Å². The van der Waals surface area contributed by atoms with Crippen LogP contribution in [-0.2, 0) is 13.1 Å². The Labute approximate surface area is 73.6 Å². The Bertz CT molecular complexity index is 229. The van der Waals surface area contributed by atoms with Crippen molar-refractivity contribution >= 4 is 0 Å². The molecular weight excluding hydrogens is 150 g/mol. The van der Waals surface area contributed by atoms with Crippen LogP contribution in [-0.4, -0.2) is 9.55 Å². The molecule has 0 aliphatic rings. The number of hydrogen-bond acceptors (Lipinski definition) is 2. The van der Waals surface area contributed by atoms with Gasteiger partial charge >= 0.3 is 0 Å². The van der Waals surface area contributed by atoms with Crippen LogP contribution in [0, 0.1) is 5.92 Å². The van der Waals surface area contributed by atoms with E-state index in [1.54, 1.807) is 0 Å². The summed E-state index contributed by atoms with van der Waals surface area (Å²) in [5.74, 6) is 0.699. The molecule has 12 heavy (non-hydrogen) atoms. The summed E-state index contributed by atoms with van der Waals surface area (Å²) < 4.78 is 2.13. The van der Waals surface area contributed by atoms with Gasteiger partial charge in [0, 0.05) is 19.3 Å². The molecule has 2 N–H and O–H groups in total. The molecule has 1 rings (SSSR count). The van der Waals surface area contributed by atoms with Gasteiger partial charge in [0.05, 0.1) is 12.0 Å². The Morgan fingerprint density at radius 2 is 2.42 bits per heavy atom. The van der Waals surface area contributed by atoms with Crippen molar-refractivity contribution in [3.05, 3.63) is 18.2 Å². The minimum atomic E-state index is 0.580. The third-order valence-electron chi connectivity index (χ3n) is 2.21. The fraction of sp³-hybridized carbons (Fsp3) is 0.667. The first-order valence-corrected chi connectivity index (χ1v) is 4.47. The summed E-state index contributed by atoms with van der Waals surface area (Å²) in [5.41, 5.74) is 6.67. The Hall–Kier alpha value is -0.830. The van der Waals surface area contributed by atoms with Gasteiger partial charge in [-0.15, -0.1) is 0 Å². The molecule has 1 aromatic rings. The minimum absolute atomic E-state index is 0.580. The molecule has 3 nitrogen and oxygen atoms in total. The summed E-state index contributed by atoms with van der Waals surface area (Å²) in [6.45, 7) is 6.05. The fourth-order valence-electron chi connectivity index (χ4n) is 1.15. The first-order valence-electron chi connectivity index (χ1n) is 4.47. The maximum absolute atomic E-state index is 5.55. The number of hydrogen-bond donors (Lipinski definition) is 1. The van der Waals surface area contributed by atoms with Crippen molar-refractivity contribution in [1.82, 2.24) is 9.55 Å². The second-order valence-corrected chi connectivity index (χ2v) is 3.25. The van der Waals surface area contributed by atoms with E-state index in [0.717, 1.165) is 12.2 Å². The number of nitrogens with two attached hydrogens (primary N) is 1. The van der Waals surface area contributed by atoms with Crippen molar-refractivity contribution in [1.29, 1.82) is 0 Å². The van der Waals surface area contributed by atoms with Crippen molar-refractivity contribution in [3.8, 4) is 0 Å². The standard InChI is InChI=1S/C9H17N3/c1-3-8(2)6-12-7-11-5-9(12)4-10/h5,7-8H,3-4,6,10H2,1-2H3. The molecule has 1 heterocycles. The van der Waals surface area contributed by atoms with Gasteiger partial charge < -0.3 is 10.3 Å². The Kier molecular flexibility index (Phi) is 3.29. The maximum Gasteiger partial charge on any atom is 0.0948 e. The van der Waals surface area contributed by atoms with Crippen LogP contribution in [0.4, 0.5) is 0 Å². The van der Waals surface area contributed by atoms with Gasteiger partial charge in [0.15, 0.2) is 0 Å². The Morgan fingerprint density at radius 3 is 3.00 bits per heavy atom. The molecular formula is C9H17N3. The monoisotopic (exact) mass is 167 g/mol. The molecule has 0 saturated carbocycles. The quantitative estimate of drug-likeness (QED) is 0.736. The lowest BCUT2D eigenvalue weighted by Crippen LogP contribution is -2.11. The summed E-state index contributed by atoms with van der Waals surface area (Å²) in [6, 6.07) is 0. The molecule has 0 fully saturated rings. The smallest absolute Gasteiger partial charge is 0.0948 e. The van der Waals surface area contributed by atoms with Crippen LogP contribution in [0.1, 0.15) is 26.0 Å². The van der Waals surface area contributed by atoms with E-state index in [1.165, 1.54) is 6.42 Å². The van der Waals surface area contributed by atoms with Crippen molar-refractivity contribution in [3.63, 3.8) is 0 Å². The third-order valence-corrected chi connectivity index (χ3v) is 2.21.